The molecule has 0 heterocycles. The fourth-order valence-corrected chi connectivity index (χ4v) is 1.93. The Kier molecular flexibility index (Phi) is 5.54. The standard InChI is InChI=1S/C13H16ClN3O4/c1-6(2)10(17-13(15)21)11(18)16-9-4-7(12(19)20)3-8(14)5-9/h3-6,10H,1-2H3,(H,16,18)(H,19,20)(H3,15,17,21). The first-order valence-corrected chi connectivity index (χ1v) is 6.49. The molecule has 0 aliphatic heterocycles. The molecule has 1 aromatic carbocycles. The number of benzene rings is 1. The van der Waals surface area contributed by atoms with Crippen LogP contribution in [0.4, 0.5) is 10.5 Å². The molecular weight excluding hydrogens is 298 g/mol. The van der Waals surface area contributed by atoms with Gasteiger partial charge in [0, 0.05) is 10.7 Å². The molecule has 3 amide bonds. The van der Waals surface area contributed by atoms with Crippen LogP contribution in [0.1, 0.15) is 24.2 Å². The lowest BCUT2D eigenvalue weighted by molar-refractivity contribution is -0.118. The lowest BCUT2D eigenvalue weighted by Crippen LogP contribution is -2.49. The number of rotatable bonds is 5. The Balaban J connectivity index is 2.95. The van der Waals surface area contributed by atoms with E-state index in [4.69, 9.17) is 22.4 Å². The molecule has 5 N–H and O–H groups in total. The van der Waals surface area contributed by atoms with Gasteiger partial charge in [-0.25, -0.2) is 9.59 Å². The van der Waals surface area contributed by atoms with Crippen molar-refractivity contribution in [2.45, 2.75) is 19.9 Å². The smallest absolute Gasteiger partial charge is 0.335 e. The zero-order valence-electron chi connectivity index (χ0n) is 11.5. The van der Waals surface area contributed by atoms with Crippen LogP contribution in [0.2, 0.25) is 5.02 Å². The van der Waals surface area contributed by atoms with Crippen LogP contribution in [0.3, 0.4) is 0 Å². The van der Waals surface area contributed by atoms with Crippen molar-refractivity contribution in [3.05, 3.63) is 28.8 Å². The van der Waals surface area contributed by atoms with Gasteiger partial charge in [0.2, 0.25) is 5.91 Å². The van der Waals surface area contributed by atoms with Crippen LogP contribution >= 0.6 is 11.6 Å². The number of halogens is 1. The second kappa shape index (κ2) is 6.94. The van der Waals surface area contributed by atoms with Crippen molar-refractivity contribution in [2.75, 3.05) is 5.32 Å². The second-order valence-electron chi connectivity index (χ2n) is 4.75. The van der Waals surface area contributed by atoms with Crippen molar-refractivity contribution in [2.24, 2.45) is 11.7 Å². The van der Waals surface area contributed by atoms with Crippen LogP contribution in [0.25, 0.3) is 0 Å². The summed E-state index contributed by atoms with van der Waals surface area (Å²) in [6.45, 7) is 3.47. The number of amides is 3. The molecule has 1 rings (SSSR count). The lowest BCUT2D eigenvalue weighted by Gasteiger charge is -2.20. The highest BCUT2D eigenvalue weighted by Gasteiger charge is 2.23. The minimum atomic E-state index is -1.16. The van der Waals surface area contributed by atoms with Crippen molar-refractivity contribution in [1.29, 1.82) is 0 Å². The Morgan fingerprint density at radius 3 is 2.33 bits per heavy atom. The number of carboxylic acids is 1. The molecule has 7 nitrogen and oxygen atoms in total. The zero-order valence-corrected chi connectivity index (χ0v) is 12.3. The third kappa shape index (κ3) is 4.96. The van der Waals surface area contributed by atoms with Gasteiger partial charge >= 0.3 is 12.0 Å². The van der Waals surface area contributed by atoms with Crippen LogP contribution in [-0.4, -0.2) is 29.1 Å². The predicted molar refractivity (Wildman–Crippen MR) is 78.4 cm³/mol. The third-order valence-corrected chi connectivity index (χ3v) is 2.88. The van der Waals surface area contributed by atoms with Crippen LogP contribution in [0, 0.1) is 5.92 Å². The van der Waals surface area contributed by atoms with Crippen LogP contribution in [0.15, 0.2) is 18.2 Å². The number of hydrogen-bond donors (Lipinski definition) is 4. The van der Waals surface area contributed by atoms with Gasteiger partial charge in [0.15, 0.2) is 0 Å². The van der Waals surface area contributed by atoms with Crippen LogP contribution < -0.4 is 16.4 Å². The summed E-state index contributed by atoms with van der Waals surface area (Å²) in [6, 6.07) is 2.29. The largest absolute Gasteiger partial charge is 0.478 e. The van der Waals surface area contributed by atoms with Gasteiger partial charge in [-0.2, -0.15) is 0 Å². The van der Waals surface area contributed by atoms with Crippen molar-refractivity contribution in [3.63, 3.8) is 0 Å². The summed E-state index contributed by atoms with van der Waals surface area (Å²) in [7, 11) is 0. The highest BCUT2D eigenvalue weighted by Crippen LogP contribution is 2.20. The van der Waals surface area contributed by atoms with Crippen molar-refractivity contribution < 1.29 is 19.5 Å². The molecule has 0 bridgehead atoms. The summed E-state index contributed by atoms with van der Waals surface area (Å²) in [5.41, 5.74) is 5.19. The van der Waals surface area contributed by atoms with E-state index in [1.54, 1.807) is 13.8 Å². The quantitative estimate of drug-likeness (QED) is 0.660. The third-order valence-electron chi connectivity index (χ3n) is 2.66. The number of anilines is 1. The van der Waals surface area contributed by atoms with Crippen LogP contribution in [0.5, 0.6) is 0 Å². The van der Waals surface area contributed by atoms with E-state index in [0.29, 0.717) is 0 Å². The number of nitrogens with one attached hydrogen (secondary N) is 2. The molecule has 0 aromatic heterocycles. The highest BCUT2D eigenvalue weighted by atomic mass is 35.5. The number of aromatic carboxylic acids is 1. The second-order valence-corrected chi connectivity index (χ2v) is 5.19. The Labute approximate surface area is 126 Å². The topological polar surface area (TPSA) is 122 Å². The molecule has 0 aliphatic carbocycles. The summed E-state index contributed by atoms with van der Waals surface area (Å²) < 4.78 is 0. The van der Waals surface area contributed by atoms with Crippen molar-refractivity contribution >= 4 is 35.2 Å². The maximum atomic E-state index is 12.1. The number of carbonyl (C=O) groups is 3. The van der Waals surface area contributed by atoms with E-state index in [1.807, 2.05) is 0 Å². The average Bonchev–Trinajstić information content (AvgIpc) is 2.34. The summed E-state index contributed by atoms with van der Waals surface area (Å²) in [5.74, 6) is -1.87. The van der Waals surface area contributed by atoms with Gasteiger partial charge in [-0.3, -0.25) is 4.79 Å². The SMILES string of the molecule is CC(C)C(NC(N)=O)C(=O)Nc1cc(Cl)cc(C(=O)O)c1. The monoisotopic (exact) mass is 313 g/mol. The Morgan fingerprint density at radius 1 is 1.24 bits per heavy atom. The molecule has 0 fully saturated rings. The molecule has 0 aliphatic rings. The summed E-state index contributed by atoms with van der Waals surface area (Å²) in [6.07, 6.45) is 0. The minimum Gasteiger partial charge on any atom is -0.478 e. The van der Waals surface area contributed by atoms with Crippen molar-refractivity contribution in [1.82, 2.24) is 5.32 Å². The van der Waals surface area contributed by atoms with E-state index >= 15 is 0 Å². The summed E-state index contributed by atoms with van der Waals surface area (Å²) >= 11 is 5.80. The molecule has 1 aromatic rings. The van der Waals surface area contributed by atoms with Gasteiger partial charge in [0.05, 0.1) is 5.56 Å². The normalized spacial score (nSPS) is 11.8. The molecule has 0 radical (unpaired) electrons. The highest BCUT2D eigenvalue weighted by molar-refractivity contribution is 6.31. The van der Waals surface area contributed by atoms with Gasteiger partial charge in [-0.15, -0.1) is 0 Å². The maximum absolute atomic E-state index is 12.1. The van der Waals surface area contributed by atoms with Gasteiger partial charge in [0.1, 0.15) is 6.04 Å². The average molecular weight is 314 g/mol. The molecule has 0 saturated carbocycles. The molecule has 0 saturated heterocycles. The molecular formula is C13H16ClN3O4. The molecule has 8 heteroatoms. The Bertz CT molecular complexity index is 575. The zero-order chi connectivity index (χ0) is 16.2. The molecule has 114 valence electrons. The van der Waals surface area contributed by atoms with Gasteiger partial charge in [-0.05, 0) is 24.1 Å². The summed E-state index contributed by atoms with van der Waals surface area (Å²) in [5, 5.41) is 14.0. The number of carboxylic acid groups (broad SMARTS) is 1. The van der Waals surface area contributed by atoms with E-state index in [9.17, 15) is 14.4 Å². The summed E-state index contributed by atoms with van der Waals surface area (Å²) in [4.78, 5) is 33.9. The number of primary amides is 1. The van der Waals surface area contributed by atoms with E-state index < -0.39 is 23.9 Å². The minimum absolute atomic E-state index is 0.0539. The molecule has 0 spiro atoms. The molecule has 1 unspecified atom stereocenters. The maximum Gasteiger partial charge on any atom is 0.335 e. The lowest BCUT2D eigenvalue weighted by atomic mass is 10.0. The fourth-order valence-electron chi connectivity index (χ4n) is 1.69. The van der Waals surface area contributed by atoms with Gasteiger partial charge < -0.3 is 21.5 Å². The number of carbonyl (C=O) groups excluding carboxylic acids is 2. The fraction of sp³-hybridized carbons (Fsp3) is 0.308. The van der Waals surface area contributed by atoms with E-state index in [2.05, 4.69) is 10.6 Å². The first-order valence-electron chi connectivity index (χ1n) is 6.11. The number of urea groups is 1. The molecule has 1 atom stereocenters. The van der Waals surface area contributed by atoms with Gasteiger partial charge in [-0.1, -0.05) is 25.4 Å². The van der Waals surface area contributed by atoms with Crippen LogP contribution in [-0.2, 0) is 4.79 Å². The first kappa shape index (κ1) is 16.8. The number of hydrogen-bond acceptors (Lipinski definition) is 3. The Morgan fingerprint density at radius 2 is 1.86 bits per heavy atom. The first-order chi connectivity index (χ1) is 9.70. The van der Waals surface area contributed by atoms with Gasteiger partial charge in [0.25, 0.3) is 0 Å². The van der Waals surface area contributed by atoms with Crippen molar-refractivity contribution in [3.8, 4) is 0 Å². The van der Waals surface area contributed by atoms with E-state index in [-0.39, 0.29) is 22.2 Å². The van der Waals surface area contributed by atoms with E-state index in [1.165, 1.54) is 18.2 Å². The predicted octanol–water partition coefficient (Wildman–Crippen LogP) is 1.67. The Hall–Kier alpha value is -2.28. The number of nitrogens with two attached hydrogens (primary N) is 1. The van der Waals surface area contributed by atoms with E-state index in [0.717, 1.165) is 0 Å². The molecule has 21 heavy (non-hydrogen) atoms.